The fraction of sp³-hybridized carbons (Fsp3) is 0.400. The third kappa shape index (κ3) is 2.60. The van der Waals surface area contributed by atoms with Gasteiger partial charge in [0.1, 0.15) is 0 Å². The van der Waals surface area contributed by atoms with Crippen LogP contribution in [0.5, 0.6) is 11.5 Å². The van der Waals surface area contributed by atoms with Crippen molar-refractivity contribution in [1.29, 1.82) is 0 Å². The fourth-order valence-electron chi connectivity index (χ4n) is 1.27. The van der Waals surface area contributed by atoms with E-state index in [1.54, 1.807) is 13.8 Å². The molecule has 0 aromatic heterocycles. The van der Waals surface area contributed by atoms with Crippen molar-refractivity contribution in [2.75, 3.05) is 0 Å². The summed E-state index contributed by atoms with van der Waals surface area (Å²) in [6, 6.07) is 2.48. The minimum atomic E-state index is -0.829. The lowest BCUT2D eigenvalue weighted by Crippen LogP contribution is -2.34. The molecule has 0 saturated heterocycles. The summed E-state index contributed by atoms with van der Waals surface area (Å²) in [6.07, 6.45) is 0.428. The second-order valence-electron chi connectivity index (χ2n) is 4.11. The number of hydrogen-bond acceptors (Lipinski definition) is 3. The monoisotopic (exact) mass is 199 g/mol. The number of nitrogens with two attached hydrogens (primary N) is 1. The van der Waals surface area contributed by atoms with Crippen LogP contribution < -0.4 is 5.73 Å². The molecule has 1 rings (SSSR count). The van der Waals surface area contributed by atoms with E-state index in [0.717, 1.165) is 0 Å². The number of phenolic OH excluding ortho intramolecular Hbond substituents is 2. The van der Waals surface area contributed by atoms with Gasteiger partial charge in [0, 0.05) is 5.54 Å². The van der Waals surface area contributed by atoms with E-state index in [9.17, 15) is 4.39 Å². The molecule has 3 nitrogen and oxygen atoms in total. The smallest absolute Gasteiger partial charge is 0.194 e. The van der Waals surface area contributed by atoms with E-state index in [1.807, 2.05) is 0 Å². The summed E-state index contributed by atoms with van der Waals surface area (Å²) in [7, 11) is 0. The molecule has 0 aliphatic heterocycles. The molecule has 4 heteroatoms. The summed E-state index contributed by atoms with van der Waals surface area (Å²) in [4.78, 5) is 0. The van der Waals surface area contributed by atoms with E-state index in [0.29, 0.717) is 12.0 Å². The Hall–Kier alpha value is -1.29. The second-order valence-corrected chi connectivity index (χ2v) is 4.11. The lowest BCUT2D eigenvalue weighted by molar-refractivity contribution is 0.377. The molecule has 0 atom stereocenters. The van der Waals surface area contributed by atoms with Gasteiger partial charge in [-0.1, -0.05) is 0 Å². The number of halogens is 1. The Bertz CT molecular complexity index is 321. The molecule has 0 aliphatic rings. The first-order chi connectivity index (χ1) is 6.29. The van der Waals surface area contributed by atoms with Gasteiger partial charge < -0.3 is 15.9 Å². The molecule has 0 fully saturated rings. The minimum Gasteiger partial charge on any atom is -0.504 e. The first-order valence-corrected chi connectivity index (χ1v) is 4.29. The Morgan fingerprint density at radius 3 is 2.36 bits per heavy atom. The van der Waals surface area contributed by atoms with Crippen LogP contribution in [0.2, 0.25) is 0 Å². The van der Waals surface area contributed by atoms with Crippen LogP contribution in [0.15, 0.2) is 12.1 Å². The van der Waals surface area contributed by atoms with Crippen LogP contribution in [0, 0.1) is 5.82 Å². The van der Waals surface area contributed by atoms with Crippen LogP contribution in [0.4, 0.5) is 4.39 Å². The zero-order chi connectivity index (χ0) is 10.9. The molecule has 0 spiro atoms. The maximum Gasteiger partial charge on any atom is 0.194 e. The predicted molar refractivity (Wildman–Crippen MR) is 51.7 cm³/mol. The lowest BCUT2D eigenvalue weighted by Gasteiger charge is -2.18. The average molecular weight is 199 g/mol. The van der Waals surface area contributed by atoms with E-state index in [1.165, 1.54) is 12.1 Å². The van der Waals surface area contributed by atoms with Gasteiger partial charge in [0.05, 0.1) is 0 Å². The normalized spacial score (nSPS) is 11.7. The van der Waals surface area contributed by atoms with Gasteiger partial charge in [0.15, 0.2) is 17.3 Å². The standard InChI is InChI=1S/C10H14FNO2/c1-10(2,12)5-6-3-7(11)9(14)8(13)4-6/h3-4,13-14H,5,12H2,1-2H3. The van der Waals surface area contributed by atoms with Crippen molar-refractivity contribution in [3.8, 4) is 11.5 Å². The number of hydrogen-bond donors (Lipinski definition) is 3. The van der Waals surface area contributed by atoms with Gasteiger partial charge in [-0.15, -0.1) is 0 Å². The molecule has 0 amide bonds. The van der Waals surface area contributed by atoms with E-state index in [-0.39, 0.29) is 0 Å². The van der Waals surface area contributed by atoms with Crippen molar-refractivity contribution in [2.24, 2.45) is 5.73 Å². The van der Waals surface area contributed by atoms with Crippen molar-refractivity contribution in [2.45, 2.75) is 25.8 Å². The number of rotatable bonds is 2. The second kappa shape index (κ2) is 3.46. The van der Waals surface area contributed by atoms with Crippen LogP contribution in [-0.2, 0) is 6.42 Å². The number of aromatic hydroxyl groups is 2. The zero-order valence-electron chi connectivity index (χ0n) is 8.21. The predicted octanol–water partition coefficient (Wildman–Crippen LogP) is 1.52. The molecule has 4 N–H and O–H groups in total. The van der Waals surface area contributed by atoms with E-state index >= 15 is 0 Å². The van der Waals surface area contributed by atoms with Crippen molar-refractivity contribution in [3.63, 3.8) is 0 Å². The third-order valence-electron chi connectivity index (χ3n) is 1.76. The topological polar surface area (TPSA) is 66.5 Å². The van der Waals surface area contributed by atoms with Crippen molar-refractivity contribution in [3.05, 3.63) is 23.5 Å². The van der Waals surface area contributed by atoms with Gasteiger partial charge in [-0.3, -0.25) is 0 Å². The highest BCUT2D eigenvalue weighted by atomic mass is 19.1. The SMILES string of the molecule is CC(C)(N)Cc1cc(O)c(O)c(F)c1. The largest absolute Gasteiger partial charge is 0.504 e. The highest BCUT2D eigenvalue weighted by Crippen LogP contribution is 2.29. The molecular formula is C10H14FNO2. The lowest BCUT2D eigenvalue weighted by atomic mass is 9.96. The van der Waals surface area contributed by atoms with Crippen LogP contribution in [0.1, 0.15) is 19.4 Å². The van der Waals surface area contributed by atoms with E-state index in [4.69, 9.17) is 15.9 Å². The van der Waals surface area contributed by atoms with Crippen LogP contribution in [0.3, 0.4) is 0 Å². The van der Waals surface area contributed by atoms with Gasteiger partial charge in [0.2, 0.25) is 0 Å². The molecular weight excluding hydrogens is 185 g/mol. The summed E-state index contributed by atoms with van der Waals surface area (Å²) < 4.78 is 13.0. The Labute approximate surface area is 82.0 Å². The molecule has 0 heterocycles. The Balaban J connectivity index is 3.02. The first-order valence-electron chi connectivity index (χ1n) is 4.29. The summed E-state index contributed by atoms with van der Waals surface area (Å²) >= 11 is 0. The minimum absolute atomic E-state index is 0.428. The molecule has 0 aliphatic carbocycles. The number of phenols is 2. The Morgan fingerprint density at radius 1 is 1.36 bits per heavy atom. The first kappa shape index (κ1) is 10.8. The van der Waals surface area contributed by atoms with Gasteiger partial charge in [-0.25, -0.2) is 4.39 Å². The third-order valence-corrected chi connectivity index (χ3v) is 1.76. The molecule has 14 heavy (non-hydrogen) atoms. The average Bonchev–Trinajstić information content (AvgIpc) is 1.96. The Kier molecular flexibility index (Phi) is 2.66. The molecule has 0 unspecified atom stereocenters. The maximum atomic E-state index is 13.0. The van der Waals surface area contributed by atoms with Gasteiger partial charge in [0.25, 0.3) is 0 Å². The fourth-order valence-corrected chi connectivity index (χ4v) is 1.27. The summed E-state index contributed by atoms with van der Waals surface area (Å²) in [6.45, 7) is 3.60. The molecule has 1 aromatic rings. The molecule has 1 aromatic carbocycles. The Morgan fingerprint density at radius 2 is 1.93 bits per heavy atom. The summed E-state index contributed by atoms with van der Waals surface area (Å²) in [5.74, 6) is -2.00. The van der Waals surface area contributed by atoms with Gasteiger partial charge >= 0.3 is 0 Å². The van der Waals surface area contributed by atoms with E-state index in [2.05, 4.69) is 0 Å². The highest BCUT2D eigenvalue weighted by molar-refractivity contribution is 5.42. The highest BCUT2D eigenvalue weighted by Gasteiger charge is 2.15. The van der Waals surface area contributed by atoms with Gasteiger partial charge in [-0.2, -0.15) is 0 Å². The summed E-state index contributed by atoms with van der Waals surface area (Å²) in [5, 5.41) is 18.1. The van der Waals surface area contributed by atoms with Crippen LogP contribution >= 0.6 is 0 Å². The number of benzene rings is 1. The zero-order valence-corrected chi connectivity index (χ0v) is 8.21. The maximum absolute atomic E-state index is 13.0. The van der Waals surface area contributed by atoms with Crippen LogP contribution in [-0.4, -0.2) is 15.8 Å². The molecule has 0 radical (unpaired) electrons. The van der Waals surface area contributed by atoms with Crippen molar-refractivity contribution >= 4 is 0 Å². The molecule has 78 valence electrons. The van der Waals surface area contributed by atoms with Crippen molar-refractivity contribution in [1.82, 2.24) is 0 Å². The van der Waals surface area contributed by atoms with Gasteiger partial charge in [-0.05, 0) is 38.0 Å². The quantitative estimate of drug-likeness (QED) is 0.632. The van der Waals surface area contributed by atoms with Crippen molar-refractivity contribution < 1.29 is 14.6 Å². The van der Waals surface area contributed by atoms with E-state index < -0.39 is 22.9 Å². The molecule has 0 bridgehead atoms. The van der Waals surface area contributed by atoms with Crippen LogP contribution in [0.25, 0.3) is 0 Å². The molecule has 0 saturated carbocycles. The summed E-state index contributed by atoms with van der Waals surface area (Å²) in [5.41, 5.74) is 5.82.